The predicted molar refractivity (Wildman–Crippen MR) is 91.7 cm³/mol. The number of nitrogens with one attached hydrogen (secondary N) is 2. The van der Waals surface area contributed by atoms with Crippen molar-refractivity contribution in [3.63, 3.8) is 0 Å². The van der Waals surface area contributed by atoms with Crippen molar-refractivity contribution in [3.05, 3.63) is 23.2 Å². The minimum absolute atomic E-state index is 0.372. The van der Waals surface area contributed by atoms with Crippen LogP contribution in [-0.4, -0.2) is 32.1 Å². The van der Waals surface area contributed by atoms with Crippen LogP contribution in [0.2, 0.25) is 0 Å². The molecule has 0 amide bonds. The van der Waals surface area contributed by atoms with Crippen molar-refractivity contribution < 1.29 is 13.9 Å². The van der Waals surface area contributed by atoms with E-state index >= 15 is 0 Å². The number of methoxy groups -OCH3 is 1. The average molecular weight is 323 g/mol. The van der Waals surface area contributed by atoms with Gasteiger partial charge in [-0.1, -0.05) is 13.8 Å². The van der Waals surface area contributed by atoms with Gasteiger partial charge in [-0.3, -0.25) is 0 Å². The van der Waals surface area contributed by atoms with Gasteiger partial charge in [0.25, 0.3) is 0 Å². The van der Waals surface area contributed by atoms with Gasteiger partial charge in [-0.05, 0) is 38.7 Å². The van der Waals surface area contributed by atoms with E-state index in [4.69, 9.17) is 9.15 Å². The highest BCUT2D eigenvalue weighted by atomic mass is 16.5. The van der Waals surface area contributed by atoms with Crippen molar-refractivity contribution in [1.29, 1.82) is 0 Å². The third-order valence-corrected chi connectivity index (χ3v) is 3.36. The number of rotatable bonds is 8. The summed E-state index contributed by atoms with van der Waals surface area (Å²) in [7, 11) is 1.36. The fourth-order valence-electron chi connectivity index (χ4n) is 2.15. The molecule has 0 saturated heterocycles. The molecule has 6 heteroatoms. The summed E-state index contributed by atoms with van der Waals surface area (Å²) in [5.41, 5.74) is 0.451. The molecule has 130 valence electrons. The van der Waals surface area contributed by atoms with E-state index in [1.54, 1.807) is 13.0 Å². The van der Waals surface area contributed by atoms with E-state index in [2.05, 4.69) is 29.5 Å². The Morgan fingerprint density at radius 2 is 2.13 bits per heavy atom. The zero-order chi connectivity index (χ0) is 17.2. The van der Waals surface area contributed by atoms with Crippen LogP contribution in [0.1, 0.15) is 55.5 Å². The second kappa shape index (κ2) is 9.92. The molecule has 1 heterocycles. The van der Waals surface area contributed by atoms with Crippen LogP contribution < -0.4 is 10.6 Å². The van der Waals surface area contributed by atoms with Crippen LogP contribution in [0.25, 0.3) is 0 Å². The molecule has 2 N–H and O–H groups in total. The summed E-state index contributed by atoms with van der Waals surface area (Å²) in [5, 5.41) is 6.51. The first-order valence-electron chi connectivity index (χ1n) is 8.17. The van der Waals surface area contributed by atoms with E-state index in [1.165, 1.54) is 13.5 Å². The third-order valence-electron chi connectivity index (χ3n) is 3.36. The zero-order valence-electron chi connectivity index (χ0n) is 14.9. The Labute approximate surface area is 138 Å². The van der Waals surface area contributed by atoms with Gasteiger partial charge in [0, 0.05) is 13.1 Å². The summed E-state index contributed by atoms with van der Waals surface area (Å²) in [5.74, 6) is 2.27. The summed E-state index contributed by atoms with van der Waals surface area (Å²) < 4.78 is 10.3. The van der Waals surface area contributed by atoms with Gasteiger partial charge in [0.1, 0.15) is 23.6 Å². The summed E-state index contributed by atoms with van der Waals surface area (Å²) in [4.78, 5) is 16.1. The number of ether oxygens (including phenoxy) is 1. The molecule has 0 aliphatic heterocycles. The van der Waals surface area contributed by atoms with E-state index in [1.807, 2.05) is 6.92 Å². The lowest BCUT2D eigenvalue weighted by molar-refractivity contribution is 0.0599. The molecule has 0 saturated carbocycles. The Morgan fingerprint density at radius 1 is 1.39 bits per heavy atom. The molecule has 0 aliphatic rings. The Bertz CT molecular complexity index is 521. The van der Waals surface area contributed by atoms with Gasteiger partial charge in [0.2, 0.25) is 0 Å². The number of furan rings is 1. The van der Waals surface area contributed by atoms with Crippen LogP contribution in [0.15, 0.2) is 15.5 Å². The van der Waals surface area contributed by atoms with Crippen LogP contribution in [0, 0.1) is 12.8 Å². The second-order valence-corrected chi connectivity index (χ2v) is 5.83. The minimum Gasteiger partial charge on any atom is -0.465 e. The van der Waals surface area contributed by atoms with Crippen molar-refractivity contribution in [2.24, 2.45) is 10.9 Å². The molecule has 0 atom stereocenters. The Hall–Kier alpha value is -1.98. The van der Waals surface area contributed by atoms with E-state index in [-0.39, 0.29) is 5.97 Å². The van der Waals surface area contributed by atoms with E-state index < -0.39 is 0 Å². The maximum atomic E-state index is 11.6. The Balaban J connectivity index is 2.61. The number of carbonyl (C=O) groups excluding carboxylic acids is 1. The fraction of sp³-hybridized carbons (Fsp3) is 0.647. The molecule has 0 spiro atoms. The molecule has 1 rings (SSSR count). The molecule has 1 aromatic heterocycles. The highest BCUT2D eigenvalue weighted by Gasteiger charge is 2.15. The SMILES string of the molecule is CCNC(=NCc1cc(C(=O)OC)c(C)o1)NCCCC(C)C. The first-order valence-corrected chi connectivity index (χ1v) is 8.17. The molecule has 0 bridgehead atoms. The number of hydrogen-bond donors (Lipinski definition) is 2. The topological polar surface area (TPSA) is 75.9 Å². The second-order valence-electron chi connectivity index (χ2n) is 5.83. The number of aliphatic imine (C=N–C) groups is 1. The van der Waals surface area contributed by atoms with Crippen LogP contribution >= 0.6 is 0 Å². The largest absolute Gasteiger partial charge is 0.465 e. The number of guanidine groups is 1. The molecule has 0 unspecified atom stereocenters. The highest BCUT2D eigenvalue weighted by molar-refractivity contribution is 5.90. The monoisotopic (exact) mass is 323 g/mol. The summed E-state index contributed by atoms with van der Waals surface area (Å²) in [6.07, 6.45) is 2.29. The maximum Gasteiger partial charge on any atom is 0.341 e. The number of nitrogens with zero attached hydrogens (tertiary/aromatic N) is 1. The van der Waals surface area contributed by atoms with Gasteiger partial charge < -0.3 is 19.8 Å². The fourth-order valence-corrected chi connectivity index (χ4v) is 2.15. The smallest absolute Gasteiger partial charge is 0.341 e. The van der Waals surface area contributed by atoms with Gasteiger partial charge in [0.05, 0.1) is 7.11 Å². The first-order chi connectivity index (χ1) is 11.0. The molecule has 0 aromatic carbocycles. The van der Waals surface area contributed by atoms with Crippen molar-refractivity contribution in [2.75, 3.05) is 20.2 Å². The molecule has 0 fully saturated rings. The van der Waals surface area contributed by atoms with E-state index in [0.29, 0.717) is 29.5 Å². The van der Waals surface area contributed by atoms with E-state index in [0.717, 1.165) is 25.5 Å². The van der Waals surface area contributed by atoms with Crippen LogP contribution in [0.4, 0.5) is 0 Å². The highest BCUT2D eigenvalue weighted by Crippen LogP contribution is 2.16. The van der Waals surface area contributed by atoms with Crippen LogP contribution in [0.5, 0.6) is 0 Å². The van der Waals surface area contributed by atoms with Gasteiger partial charge >= 0.3 is 5.97 Å². The molecule has 6 nitrogen and oxygen atoms in total. The van der Waals surface area contributed by atoms with Crippen molar-refractivity contribution >= 4 is 11.9 Å². The molecular weight excluding hydrogens is 294 g/mol. The summed E-state index contributed by atoms with van der Waals surface area (Å²) >= 11 is 0. The standard InChI is InChI=1S/C17H29N3O3/c1-6-18-17(19-9-7-8-12(2)3)20-11-14-10-15(13(4)23-14)16(21)22-5/h10,12H,6-9,11H2,1-5H3,(H2,18,19,20). The number of hydrogen-bond acceptors (Lipinski definition) is 4. The van der Waals surface area contributed by atoms with Crippen molar-refractivity contribution in [2.45, 2.75) is 47.1 Å². The lowest BCUT2D eigenvalue weighted by Crippen LogP contribution is -2.37. The molecule has 0 radical (unpaired) electrons. The Kier molecular flexibility index (Phi) is 8.22. The normalized spacial score (nSPS) is 11.7. The van der Waals surface area contributed by atoms with Crippen molar-refractivity contribution in [3.8, 4) is 0 Å². The van der Waals surface area contributed by atoms with Crippen molar-refractivity contribution in [1.82, 2.24) is 10.6 Å². The summed E-state index contributed by atoms with van der Waals surface area (Å²) in [6, 6.07) is 1.69. The summed E-state index contributed by atoms with van der Waals surface area (Å²) in [6.45, 7) is 10.3. The predicted octanol–water partition coefficient (Wildman–Crippen LogP) is 2.87. The number of carbonyl (C=O) groups is 1. The lowest BCUT2D eigenvalue weighted by Gasteiger charge is -2.11. The molecule has 1 aromatic rings. The van der Waals surface area contributed by atoms with E-state index in [9.17, 15) is 4.79 Å². The van der Waals surface area contributed by atoms with Gasteiger partial charge in [0.15, 0.2) is 5.96 Å². The average Bonchev–Trinajstić information content (AvgIpc) is 2.89. The van der Waals surface area contributed by atoms with Gasteiger partial charge in [-0.2, -0.15) is 0 Å². The maximum absolute atomic E-state index is 11.6. The van der Waals surface area contributed by atoms with Crippen LogP contribution in [0.3, 0.4) is 0 Å². The molecule has 0 aliphatic carbocycles. The number of esters is 1. The quantitative estimate of drug-likeness (QED) is 0.333. The third kappa shape index (κ3) is 6.76. The lowest BCUT2D eigenvalue weighted by atomic mass is 10.1. The first kappa shape index (κ1) is 19.1. The Morgan fingerprint density at radius 3 is 2.74 bits per heavy atom. The van der Waals surface area contributed by atoms with Gasteiger partial charge in [-0.15, -0.1) is 0 Å². The van der Waals surface area contributed by atoms with Gasteiger partial charge in [-0.25, -0.2) is 9.79 Å². The zero-order valence-corrected chi connectivity index (χ0v) is 14.9. The minimum atomic E-state index is -0.389. The number of aryl methyl sites for hydroxylation is 1. The molecular formula is C17H29N3O3. The molecule has 23 heavy (non-hydrogen) atoms. The van der Waals surface area contributed by atoms with Crippen LogP contribution in [-0.2, 0) is 11.3 Å².